The average Bonchev–Trinajstić information content (AvgIpc) is 2.59. The van der Waals surface area contributed by atoms with Crippen molar-refractivity contribution in [2.24, 2.45) is 0 Å². The van der Waals surface area contributed by atoms with Gasteiger partial charge in [-0.2, -0.15) is 0 Å². The van der Waals surface area contributed by atoms with Gasteiger partial charge in [0.1, 0.15) is 0 Å². The van der Waals surface area contributed by atoms with E-state index in [4.69, 9.17) is 0 Å². The van der Waals surface area contributed by atoms with Crippen LogP contribution >= 0.6 is 0 Å². The van der Waals surface area contributed by atoms with Crippen molar-refractivity contribution < 1.29 is 9.59 Å². The molecule has 0 bridgehead atoms. The molecule has 22 heavy (non-hydrogen) atoms. The summed E-state index contributed by atoms with van der Waals surface area (Å²) >= 11 is 0. The molecule has 0 aliphatic rings. The van der Waals surface area contributed by atoms with Crippen molar-refractivity contribution in [1.29, 1.82) is 0 Å². The molecule has 2 aromatic rings. The van der Waals surface area contributed by atoms with E-state index >= 15 is 0 Å². The monoisotopic (exact) mass is 296 g/mol. The van der Waals surface area contributed by atoms with Gasteiger partial charge >= 0.3 is 11.8 Å². The molecule has 4 nitrogen and oxygen atoms in total. The number of amides is 2. The average molecular weight is 296 g/mol. The maximum absolute atomic E-state index is 12.0. The number of hydrogen-bond donors (Lipinski definition) is 2. The van der Waals surface area contributed by atoms with E-state index in [1.54, 1.807) is 0 Å². The first-order valence-electron chi connectivity index (χ1n) is 7.38. The molecule has 4 heteroatoms. The van der Waals surface area contributed by atoms with Crippen LogP contribution in [0.15, 0.2) is 60.7 Å². The van der Waals surface area contributed by atoms with E-state index in [0.717, 1.165) is 17.5 Å². The van der Waals surface area contributed by atoms with Crippen LogP contribution < -0.4 is 10.6 Å². The Kier molecular flexibility index (Phi) is 5.72. The van der Waals surface area contributed by atoms with Crippen molar-refractivity contribution in [3.8, 4) is 0 Å². The second-order valence-electron chi connectivity index (χ2n) is 5.01. The van der Waals surface area contributed by atoms with Crippen molar-refractivity contribution in [2.45, 2.75) is 25.9 Å². The lowest BCUT2D eigenvalue weighted by Crippen LogP contribution is -2.41. The zero-order chi connectivity index (χ0) is 15.8. The first-order chi connectivity index (χ1) is 10.7. The highest BCUT2D eigenvalue weighted by Gasteiger charge is 2.18. The Morgan fingerprint density at radius 2 is 1.50 bits per heavy atom. The fourth-order valence-electron chi connectivity index (χ4n) is 2.19. The van der Waals surface area contributed by atoms with Gasteiger partial charge in [0.25, 0.3) is 0 Å². The van der Waals surface area contributed by atoms with Gasteiger partial charge in [-0.15, -0.1) is 0 Å². The van der Waals surface area contributed by atoms with Gasteiger partial charge in [-0.25, -0.2) is 0 Å². The number of nitrogens with one attached hydrogen (secondary N) is 2. The van der Waals surface area contributed by atoms with E-state index in [-0.39, 0.29) is 6.04 Å². The largest absolute Gasteiger partial charge is 0.344 e. The van der Waals surface area contributed by atoms with Crippen LogP contribution in [0.2, 0.25) is 0 Å². The standard InChI is InChI=1S/C18H20N2O2/c1-2-16(15-11-7-4-8-12-15)20-18(22)17(21)19-13-14-9-5-3-6-10-14/h3-12,16H,2,13H2,1H3,(H,19,21)(H,20,22). The molecule has 0 saturated heterocycles. The predicted molar refractivity (Wildman–Crippen MR) is 85.9 cm³/mol. The summed E-state index contributed by atoms with van der Waals surface area (Å²) in [6.07, 6.45) is 0.724. The van der Waals surface area contributed by atoms with Crippen molar-refractivity contribution >= 4 is 11.8 Å². The van der Waals surface area contributed by atoms with Crippen molar-refractivity contribution in [2.75, 3.05) is 0 Å². The van der Waals surface area contributed by atoms with Gasteiger partial charge in [0.2, 0.25) is 0 Å². The lowest BCUT2D eigenvalue weighted by atomic mass is 10.0. The number of carbonyl (C=O) groups excluding carboxylic acids is 2. The third-order valence-corrected chi connectivity index (χ3v) is 3.42. The van der Waals surface area contributed by atoms with Crippen LogP contribution in [0.3, 0.4) is 0 Å². The van der Waals surface area contributed by atoms with Gasteiger partial charge in [0.15, 0.2) is 0 Å². The predicted octanol–water partition coefficient (Wildman–Crippen LogP) is 2.57. The molecule has 1 atom stereocenters. The van der Waals surface area contributed by atoms with Gasteiger partial charge in [-0.1, -0.05) is 67.6 Å². The van der Waals surface area contributed by atoms with Crippen LogP contribution in [-0.2, 0) is 16.1 Å². The van der Waals surface area contributed by atoms with Gasteiger partial charge in [0, 0.05) is 6.54 Å². The molecular weight excluding hydrogens is 276 g/mol. The quantitative estimate of drug-likeness (QED) is 0.833. The molecular formula is C18H20N2O2. The normalized spacial score (nSPS) is 11.5. The second-order valence-corrected chi connectivity index (χ2v) is 5.01. The Morgan fingerprint density at radius 1 is 0.909 bits per heavy atom. The summed E-state index contributed by atoms with van der Waals surface area (Å²) in [4.78, 5) is 23.9. The lowest BCUT2D eigenvalue weighted by molar-refractivity contribution is -0.139. The molecule has 2 aromatic carbocycles. The molecule has 0 aliphatic heterocycles. The Labute approximate surface area is 130 Å². The van der Waals surface area contributed by atoms with Crippen LogP contribution in [0.1, 0.15) is 30.5 Å². The molecule has 2 N–H and O–H groups in total. The topological polar surface area (TPSA) is 58.2 Å². The fraction of sp³-hybridized carbons (Fsp3) is 0.222. The van der Waals surface area contributed by atoms with E-state index in [0.29, 0.717) is 6.54 Å². The van der Waals surface area contributed by atoms with Gasteiger partial charge < -0.3 is 10.6 Å². The molecule has 0 saturated carbocycles. The fourth-order valence-corrected chi connectivity index (χ4v) is 2.19. The maximum Gasteiger partial charge on any atom is 0.309 e. The zero-order valence-corrected chi connectivity index (χ0v) is 12.6. The third-order valence-electron chi connectivity index (χ3n) is 3.42. The molecule has 0 fully saturated rings. The number of benzene rings is 2. The summed E-state index contributed by atoms with van der Waals surface area (Å²) in [6.45, 7) is 2.31. The van der Waals surface area contributed by atoms with Crippen LogP contribution in [0.5, 0.6) is 0 Å². The number of hydrogen-bond acceptors (Lipinski definition) is 2. The molecule has 0 aromatic heterocycles. The highest BCUT2D eigenvalue weighted by atomic mass is 16.2. The molecule has 114 valence electrons. The summed E-state index contributed by atoms with van der Waals surface area (Å²) in [5.41, 5.74) is 1.95. The molecule has 0 radical (unpaired) electrons. The maximum atomic E-state index is 12.0. The van der Waals surface area contributed by atoms with Gasteiger partial charge in [-0.05, 0) is 17.5 Å². The summed E-state index contributed by atoms with van der Waals surface area (Å²) < 4.78 is 0. The third kappa shape index (κ3) is 4.45. The smallest absolute Gasteiger partial charge is 0.309 e. The lowest BCUT2D eigenvalue weighted by Gasteiger charge is -2.17. The Balaban J connectivity index is 1.89. The Bertz CT molecular complexity index is 611. The number of carbonyl (C=O) groups is 2. The van der Waals surface area contributed by atoms with E-state index in [2.05, 4.69) is 10.6 Å². The highest BCUT2D eigenvalue weighted by molar-refractivity contribution is 6.35. The first-order valence-corrected chi connectivity index (χ1v) is 7.38. The van der Waals surface area contributed by atoms with Gasteiger partial charge in [-0.3, -0.25) is 9.59 Å². The summed E-state index contributed by atoms with van der Waals surface area (Å²) in [5, 5.41) is 5.40. The van der Waals surface area contributed by atoms with Crippen LogP contribution in [0, 0.1) is 0 Å². The molecule has 1 unspecified atom stereocenters. The van der Waals surface area contributed by atoms with Gasteiger partial charge in [0.05, 0.1) is 6.04 Å². The zero-order valence-electron chi connectivity index (χ0n) is 12.6. The minimum Gasteiger partial charge on any atom is -0.344 e. The highest BCUT2D eigenvalue weighted by Crippen LogP contribution is 2.15. The first kappa shape index (κ1) is 15.8. The minimum atomic E-state index is -0.613. The van der Waals surface area contributed by atoms with E-state index < -0.39 is 11.8 Å². The molecule has 0 aliphatic carbocycles. The van der Waals surface area contributed by atoms with E-state index in [1.807, 2.05) is 67.6 Å². The summed E-state index contributed by atoms with van der Waals surface area (Å²) in [5.74, 6) is -1.22. The Hall–Kier alpha value is -2.62. The van der Waals surface area contributed by atoms with Crippen molar-refractivity contribution in [1.82, 2.24) is 10.6 Å². The van der Waals surface area contributed by atoms with E-state index in [9.17, 15) is 9.59 Å². The minimum absolute atomic E-state index is 0.156. The van der Waals surface area contributed by atoms with Crippen LogP contribution in [0.4, 0.5) is 0 Å². The van der Waals surface area contributed by atoms with Crippen LogP contribution in [-0.4, -0.2) is 11.8 Å². The Morgan fingerprint density at radius 3 is 2.09 bits per heavy atom. The van der Waals surface area contributed by atoms with Crippen LogP contribution in [0.25, 0.3) is 0 Å². The second kappa shape index (κ2) is 7.98. The van der Waals surface area contributed by atoms with Crippen molar-refractivity contribution in [3.63, 3.8) is 0 Å². The summed E-state index contributed by atoms with van der Waals surface area (Å²) in [6, 6.07) is 19.0. The van der Waals surface area contributed by atoms with E-state index in [1.165, 1.54) is 0 Å². The molecule has 2 amide bonds. The number of rotatable bonds is 5. The molecule has 0 heterocycles. The molecule has 2 rings (SSSR count). The SMILES string of the molecule is CCC(NC(=O)C(=O)NCc1ccccc1)c1ccccc1. The summed E-state index contributed by atoms with van der Waals surface area (Å²) in [7, 11) is 0. The molecule has 0 spiro atoms. The van der Waals surface area contributed by atoms with Crippen molar-refractivity contribution in [3.05, 3.63) is 71.8 Å².